The molecule has 2 N–H and O–H groups in total. The number of amides is 2. The molecule has 3 rings (SSSR count). The van der Waals surface area contributed by atoms with Crippen molar-refractivity contribution in [1.29, 1.82) is 0 Å². The summed E-state index contributed by atoms with van der Waals surface area (Å²) < 4.78 is 5.52. The van der Waals surface area contributed by atoms with Crippen molar-refractivity contribution in [2.45, 2.75) is 59.6 Å². The Labute approximate surface area is 204 Å². The second-order valence-electron chi connectivity index (χ2n) is 10.7. The summed E-state index contributed by atoms with van der Waals surface area (Å²) in [5, 5.41) is 10.4. The quantitative estimate of drug-likeness (QED) is 0.638. The van der Waals surface area contributed by atoms with Crippen LogP contribution in [-0.2, 0) is 9.53 Å². The van der Waals surface area contributed by atoms with E-state index in [1.54, 1.807) is 50.8 Å². The summed E-state index contributed by atoms with van der Waals surface area (Å²) in [6, 6.07) is 4.70. The van der Waals surface area contributed by atoms with Crippen LogP contribution in [-0.4, -0.2) is 74.1 Å². The first-order valence-corrected chi connectivity index (χ1v) is 11.7. The van der Waals surface area contributed by atoms with Gasteiger partial charge in [0.05, 0.1) is 22.0 Å². The number of hydrogen-bond donors (Lipinski definition) is 2. The molecule has 186 valence electrons. The Bertz CT molecular complexity index is 1090. The topological polar surface area (TPSA) is 116 Å². The van der Waals surface area contributed by atoms with E-state index >= 15 is 0 Å². The highest BCUT2D eigenvalue weighted by Crippen LogP contribution is 2.34. The lowest BCUT2D eigenvalue weighted by Crippen LogP contribution is -2.60. The van der Waals surface area contributed by atoms with Gasteiger partial charge in [0.2, 0.25) is 0 Å². The van der Waals surface area contributed by atoms with Gasteiger partial charge in [-0.2, -0.15) is 0 Å². The van der Waals surface area contributed by atoms with Gasteiger partial charge >= 0.3 is 12.1 Å². The van der Waals surface area contributed by atoms with Crippen LogP contribution in [0.5, 0.6) is 0 Å². The van der Waals surface area contributed by atoms with Gasteiger partial charge in [0.1, 0.15) is 11.1 Å². The molecule has 10 heteroatoms. The van der Waals surface area contributed by atoms with Crippen LogP contribution in [0, 0.1) is 11.3 Å². The average Bonchev–Trinajstić information content (AvgIpc) is 3.15. The van der Waals surface area contributed by atoms with E-state index in [2.05, 4.69) is 9.97 Å². The van der Waals surface area contributed by atoms with Crippen molar-refractivity contribution >= 4 is 40.6 Å². The van der Waals surface area contributed by atoms with Gasteiger partial charge in [0.15, 0.2) is 5.82 Å². The molecule has 0 radical (unpaired) electrons. The molecule has 34 heavy (non-hydrogen) atoms. The van der Waals surface area contributed by atoms with Gasteiger partial charge in [0.25, 0.3) is 5.91 Å². The van der Waals surface area contributed by atoms with Crippen LogP contribution in [0.4, 0.5) is 4.79 Å². The Morgan fingerprint density at radius 3 is 2.59 bits per heavy atom. The molecule has 0 saturated carbocycles. The zero-order valence-electron chi connectivity index (χ0n) is 20.5. The summed E-state index contributed by atoms with van der Waals surface area (Å²) in [4.78, 5) is 49.2. The number of hydrogen-bond acceptors (Lipinski definition) is 5. The number of carboxylic acid groups (broad SMARTS) is 1. The van der Waals surface area contributed by atoms with Crippen LogP contribution >= 0.6 is 11.6 Å². The minimum Gasteiger partial charge on any atom is -0.481 e. The Morgan fingerprint density at radius 2 is 2.03 bits per heavy atom. The Hall–Kier alpha value is -2.81. The molecule has 2 heterocycles. The van der Waals surface area contributed by atoms with Crippen LogP contribution in [0.25, 0.3) is 11.0 Å². The smallest absolute Gasteiger partial charge is 0.410 e. The third kappa shape index (κ3) is 5.63. The van der Waals surface area contributed by atoms with Crippen molar-refractivity contribution in [2.75, 3.05) is 19.6 Å². The molecule has 1 aliphatic heterocycles. The zero-order valence-corrected chi connectivity index (χ0v) is 21.3. The second-order valence-corrected chi connectivity index (χ2v) is 11.1. The SMILES string of the molecule is CC(C)CN(C(=O)c1nc2c(Cl)cccc2[nH]1)[C@@H]1CN(C(=O)OC(C)(C)C)C[C@](C)(C(=O)O)C1. The Morgan fingerprint density at radius 1 is 1.35 bits per heavy atom. The van der Waals surface area contributed by atoms with Gasteiger partial charge in [-0.3, -0.25) is 9.59 Å². The molecule has 1 aliphatic rings. The fourth-order valence-electron chi connectivity index (χ4n) is 4.24. The van der Waals surface area contributed by atoms with E-state index in [0.717, 1.165) is 0 Å². The summed E-state index contributed by atoms with van der Waals surface area (Å²) >= 11 is 6.24. The molecular formula is C24H33ClN4O5. The normalized spacial score (nSPS) is 21.1. The number of H-pyrrole nitrogens is 1. The number of ether oxygens (including phenoxy) is 1. The van der Waals surface area contributed by atoms with Crippen molar-refractivity contribution in [3.05, 3.63) is 29.0 Å². The standard InChI is InChI=1S/C24H33ClN4O5/c1-14(2)11-29(20(30)19-26-17-9-7-8-16(25)18(17)27-19)15-10-24(6,21(31)32)13-28(12-15)22(33)34-23(3,4)5/h7-9,14-15H,10-13H2,1-6H3,(H,26,27)(H,31,32)/t15-,24+/m0/s1. The molecule has 1 fully saturated rings. The van der Waals surface area contributed by atoms with Crippen LogP contribution in [0.2, 0.25) is 5.02 Å². The number of aromatic amines is 1. The number of aromatic nitrogens is 2. The number of fused-ring (bicyclic) bond motifs is 1. The number of likely N-dealkylation sites (tertiary alicyclic amines) is 1. The lowest BCUT2D eigenvalue weighted by molar-refractivity contribution is -0.152. The predicted molar refractivity (Wildman–Crippen MR) is 129 cm³/mol. The largest absolute Gasteiger partial charge is 0.481 e. The van der Waals surface area contributed by atoms with Crippen molar-refractivity contribution < 1.29 is 24.2 Å². The number of rotatable bonds is 5. The summed E-state index contributed by atoms with van der Waals surface area (Å²) in [5.74, 6) is -1.18. The molecule has 0 aliphatic carbocycles. The molecule has 2 amide bonds. The van der Waals surface area contributed by atoms with Gasteiger partial charge in [-0.05, 0) is 52.2 Å². The Kier molecular flexibility index (Phi) is 7.17. The molecule has 1 aromatic carbocycles. The van der Waals surface area contributed by atoms with E-state index in [0.29, 0.717) is 22.6 Å². The zero-order chi connectivity index (χ0) is 25.4. The monoisotopic (exact) mass is 492 g/mol. The molecule has 1 saturated heterocycles. The average molecular weight is 493 g/mol. The summed E-state index contributed by atoms with van der Waals surface area (Å²) in [7, 11) is 0. The molecule has 0 unspecified atom stereocenters. The first-order chi connectivity index (χ1) is 15.7. The molecule has 1 aromatic heterocycles. The molecule has 0 bridgehead atoms. The van der Waals surface area contributed by atoms with Crippen LogP contribution in [0.3, 0.4) is 0 Å². The first-order valence-electron chi connectivity index (χ1n) is 11.4. The minimum atomic E-state index is -1.24. The first kappa shape index (κ1) is 25.8. The van der Waals surface area contributed by atoms with Crippen LogP contribution in [0.15, 0.2) is 18.2 Å². The maximum absolute atomic E-state index is 13.7. The highest BCUT2D eigenvalue weighted by Gasteiger charge is 2.47. The fourth-order valence-corrected chi connectivity index (χ4v) is 4.46. The molecule has 2 aromatic rings. The van der Waals surface area contributed by atoms with Gasteiger partial charge in [0, 0.05) is 19.6 Å². The maximum Gasteiger partial charge on any atom is 0.410 e. The number of para-hydroxylation sites is 1. The second kappa shape index (κ2) is 9.44. The lowest BCUT2D eigenvalue weighted by atomic mass is 9.79. The summed E-state index contributed by atoms with van der Waals surface area (Å²) in [5.41, 5.74) is -0.849. The number of piperidine rings is 1. The fraction of sp³-hybridized carbons (Fsp3) is 0.583. The lowest BCUT2D eigenvalue weighted by Gasteiger charge is -2.46. The Balaban J connectivity index is 1.98. The molecular weight excluding hydrogens is 460 g/mol. The number of aliphatic carboxylic acids is 1. The third-order valence-electron chi connectivity index (χ3n) is 5.75. The van der Waals surface area contributed by atoms with Crippen molar-refractivity contribution in [2.24, 2.45) is 11.3 Å². The highest BCUT2D eigenvalue weighted by atomic mass is 35.5. The van der Waals surface area contributed by atoms with E-state index in [9.17, 15) is 19.5 Å². The molecule has 2 atom stereocenters. The number of benzene rings is 1. The summed E-state index contributed by atoms with van der Waals surface area (Å²) in [6.45, 7) is 11.3. The summed E-state index contributed by atoms with van der Waals surface area (Å²) in [6.07, 6.45) is -0.404. The number of carbonyl (C=O) groups is 3. The van der Waals surface area contributed by atoms with Gasteiger partial charge in [-0.15, -0.1) is 0 Å². The number of carboxylic acids is 1. The number of halogens is 1. The van der Waals surface area contributed by atoms with Crippen LogP contribution in [0.1, 0.15) is 58.6 Å². The third-order valence-corrected chi connectivity index (χ3v) is 6.06. The predicted octanol–water partition coefficient (Wildman–Crippen LogP) is 4.41. The van der Waals surface area contributed by atoms with Gasteiger partial charge in [-0.25, -0.2) is 9.78 Å². The number of nitrogens with one attached hydrogen (secondary N) is 1. The van der Waals surface area contributed by atoms with Crippen LogP contribution < -0.4 is 0 Å². The van der Waals surface area contributed by atoms with E-state index in [-0.39, 0.29) is 37.2 Å². The number of imidazole rings is 1. The van der Waals surface area contributed by atoms with E-state index in [1.807, 2.05) is 13.8 Å². The van der Waals surface area contributed by atoms with Crippen molar-refractivity contribution in [1.82, 2.24) is 19.8 Å². The van der Waals surface area contributed by atoms with Crippen molar-refractivity contribution in [3.63, 3.8) is 0 Å². The van der Waals surface area contributed by atoms with E-state index in [4.69, 9.17) is 16.3 Å². The van der Waals surface area contributed by atoms with Gasteiger partial charge < -0.3 is 24.6 Å². The van der Waals surface area contributed by atoms with E-state index in [1.165, 1.54) is 4.90 Å². The molecule has 0 spiro atoms. The highest BCUT2D eigenvalue weighted by molar-refractivity contribution is 6.35. The number of carbonyl (C=O) groups excluding carboxylic acids is 2. The van der Waals surface area contributed by atoms with Crippen molar-refractivity contribution in [3.8, 4) is 0 Å². The minimum absolute atomic E-state index is 0.00228. The molecule has 9 nitrogen and oxygen atoms in total. The van der Waals surface area contributed by atoms with Gasteiger partial charge in [-0.1, -0.05) is 31.5 Å². The van der Waals surface area contributed by atoms with E-state index < -0.39 is 29.1 Å². The number of nitrogens with zero attached hydrogens (tertiary/aromatic N) is 3. The maximum atomic E-state index is 13.7.